The van der Waals surface area contributed by atoms with Crippen molar-refractivity contribution in [1.29, 1.82) is 0 Å². The quantitative estimate of drug-likeness (QED) is 0.0352. The number of amides is 3. The second-order valence-corrected chi connectivity index (χ2v) is 19.9. The Bertz CT molecular complexity index is 3120. The highest BCUT2D eigenvalue weighted by molar-refractivity contribution is 5.99. The number of nitrogens with one attached hydrogen (secondary N) is 6. The van der Waals surface area contributed by atoms with E-state index in [0.29, 0.717) is 186 Å². The number of hydrogen-bond acceptors (Lipinski definition) is 27. The Morgan fingerprint density at radius 2 is 1.01 bits per heavy atom. The first-order valence-corrected chi connectivity index (χ1v) is 28.4. The van der Waals surface area contributed by atoms with Crippen molar-refractivity contribution in [3.8, 4) is 0 Å². The predicted molar refractivity (Wildman–Crippen MR) is 313 cm³/mol. The molecule has 0 radical (unpaired) electrons. The lowest BCUT2D eigenvalue weighted by Gasteiger charge is -2.34. The number of piperazine rings is 3. The monoisotopic (exact) mass is 1150 g/mol. The number of nitrogens with zero attached hydrogens (tertiary/aromatic N) is 18. The minimum atomic E-state index is -0.324. The summed E-state index contributed by atoms with van der Waals surface area (Å²) in [6, 6.07) is 10.0. The van der Waals surface area contributed by atoms with Crippen LogP contribution in [0.1, 0.15) is 69.3 Å². The van der Waals surface area contributed by atoms with Gasteiger partial charge in [-0.3, -0.25) is 24.2 Å². The summed E-state index contributed by atoms with van der Waals surface area (Å²) >= 11 is 0. The van der Waals surface area contributed by atoms with Gasteiger partial charge in [0.05, 0.1) is 44.4 Å². The third-order valence-corrected chi connectivity index (χ3v) is 13.9. The molecule has 3 amide bonds. The number of aryl methyl sites for hydroxylation is 3. The Kier molecular flexibility index (Phi) is 21.5. The number of aliphatic hydroxyl groups excluding tert-OH is 1. The molecule has 0 unspecified atom stereocenters. The Morgan fingerprint density at radius 1 is 0.512 bits per heavy atom. The smallest absolute Gasteiger partial charge is 0.255 e. The normalized spacial score (nSPS) is 15.2. The zero-order valence-corrected chi connectivity index (χ0v) is 48.0. The van der Waals surface area contributed by atoms with E-state index in [1.54, 1.807) is 48.8 Å². The van der Waals surface area contributed by atoms with Gasteiger partial charge in [0.1, 0.15) is 34.9 Å². The summed E-state index contributed by atoms with van der Waals surface area (Å²) in [5, 5.41) is 26.9. The molecule has 3 fully saturated rings. The molecule has 0 aromatic carbocycles. The first-order chi connectivity index (χ1) is 41.0. The lowest BCUT2D eigenvalue weighted by molar-refractivity contribution is 0.0270. The van der Waals surface area contributed by atoms with Gasteiger partial charge in [-0.2, -0.15) is 44.9 Å². The number of carbonyl (C=O) groups excluding carboxylic acids is 3. The van der Waals surface area contributed by atoms with E-state index in [4.69, 9.17) is 24.5 Å². The molecule has 6 aromatic rings. The van der Waals surface area contributed by atoms with Crippen LogP contribution in [0.25, 0.3) is 0 Å². The molecule has 0 saturated carbocycles. The molecule has 3 saturated heterocycles. The van der Waals surface area contributed by atoms with E-state index in [9.17, 15) is 14.4 Å². The SMILES string of the molecule is CCc1nc(Nc2cc(C(=O)NCCOCN3CCN(c4nc(CC)nc(Nc5ncccc5C(=O)NCCOCN5CCN(c6nc(CC)nc(Nc7ccc(C(=O)NCCO)cn7)n6)CC5)n4)CC3)ccn2)nc(N2CCN(C)CC2)n1. The summed E-state index contributed by atoms with van der Waals surface area (Å²) in [5.41, 5.74) is 1.14. The van der Waals surface area contributed by atoms with Crippen LogP contribution in [0.4, 0.5) is 53.1 Å². The maximum absolute atomic E-state index is 13.5. The van der Waals surface area contributed by atoms with Crippen molar-refractivity contribution in [1.82, 2.24) is 90.5 Å². The van der Waals surface area contributed by atoms with Crippen LogP contribution in [0.2, 0.25) is 0 Å². The Balaban J connectivity index is 0.671. The lowest BCUT2D eigenvalue weighted by atomic mass is 10.2. The molecule has 3 aliphatic heterocycles. The van der Waals surface area contributed by atoms with Crippen molar-refractivity contribution in [2.24, 2.45) is 0 Å². The third-order valence-electron chi connectivity index (χ3n) is 13.9. The summed E-state index contributed by atoms with van der Waals surface area (Å²) in [5.74, 6) is 4.97. The van der Waals surface area contributed by atoms with Crippen LogP contribution in [-0.2, 0) is 28.7 Å². The number of hydrogen-bond donors (Lipinski definition) is 7. The van der Waals surface area contributed by atoms with Crippen molar-refractivity contribution in [3.05, 3.63) is 89.2 Å². The Morgan fingerprint density at radius 3 is 1.54 bits per heavy atom. The van der Waals surface area contributed by atoms with E-state index in [-0.39, 0.29) is 43.4 Å². The van der Waals surface area contributed by atoms with Crippen molar-refractivity contribution in [2.75, 3.05) is 169 Å². The average Bonchev–Trinajstić information content (AvgIpc) is 3.72. The number of rotatable bonds is 27. The number of ether oxygens (including phenoxy) is 2. The molecule has 0 atom stereocenters. The highest BCUT2D eigenvalue weighted by Crippen LogP contribution is 2.22. The largest absolute Gasteiger partial charge is 0.395 e. The first kappa shape index (κ1) is 60.1. The third kappa shape index (κ3) is 17.0. The summed E-state index contributed by atoms with van der Waals surface area (Å²) in [6.07, 6.45) is 6.46. The number of carbonyl (C=O) groups is 3. The summed E-state index contributed by atoms with van der Waals surface area (Å²) in [7, 11) is 2.10. The van der Waals surface area contributed by atoms with Gasteiger partial charge in [-0.05, 0) is 43.4 Å². The second-order valence-electron chi connectivity index (χ2n) is 19.9. The highest BCUT2D eigenvalue weighted by atomic mass is 16.5. The maximum atomic E-state index is 13.5. The van der Waals surface area contributed by atoms with E-state index in [1.807, 2.05) is 20.8 Å². The molecule has 30 heteroatoms. The molecule has 0 spiro atoms. The lowest BCUT2D eigenvalue weighted by Crippen LogP contribution is -2.48. The van der Waals surface area contributed by atoms with E-state index >= 15 is 0 Å². The second kappa shape index (κ2) is 30.1. The molecule has 7 N–H and O–H groups in total. The zero-order chi connectivity index (χ0) is 58.6. The predicted octanol–water partition coefficient (Wildman–Crippen LogP) is 0.871. The summed E-state index contributed by atoms with van der Waals surface area (Å²) in [4.78, 5) is 107. The fourth-order valence-electron chi connectivity index (χ4n) is 9.04. The Hall–Kier alpha value is -8.55. The van der Waals surface area contributed by atoms with E-state index in [0.717, 1.165) is 26.2 Å². The van der Waals surface area contributed by atoms with E-state index in [2.05, 4.69) is 118 Å². The van der Waals surface area contributed by atoms with Gasteiger partial charge < -0.3 is 66.1 Å². The molecular weight excluding hydrogens is 1080 g/mol. The fraction of sp³-hybridized carbons (Fsp3) is 0.500. The van der Waals surface area contributed by atoms with Crippen LogP contribution in [-0.4, -0.2) is 236 Å². The Labute approximate surface area is 487 Å². The van der Waals surface area contributed by atoms with E-state index < -0.39 is 0 Å². The van der Waals surface area contributed by atoms with Crippen LogP contribution in [0, 0.1) is 0 Å². The molecule has 84 heavy (non-hydrogen) atoms. The minimum Gasteiger partial charge on any atom is -0.395 e. The van der Waals surface area contributed by atoms with Crippen LogP contribution in [0.15, 0.2) is 55.0 Å². The van der Waals surface area contributed by atoms with Crippen LogP contribution < -0.4 is 46.6 Å². The molecule has 0 bridgehead atoms. The molecule has 9 heterocycles. The van der Waals surface area contributed by atoms with E-state index in [1.165, 1.54) is 6.20 Å². The van der Waals surface area contributed by atoms with Crippen molar-refractivity contribution in [2.45, 2.75) is 40.0 Å². The number of anilines is 9. The van der Waals surface area contributed by atoms with Crippen LogP contribution >= 0.6 is 0 Å². The highest BCUT2D eigenvalue weighted by Gasteiger charge is 2.24. The van der Waals surface area contributed by atoms with Crippen LogP contribution in [0.3, 0.4) is 0 Å². The standard InChI is InChI=1S/C54H74N24O6/c1-5-40-61-49(64-43-11-10-38(34-60-43)47(81)57-15-30-79)70-53(67-40)77-26-20-75(21-27-77)36-84-32-17-59-48(82)39-9-8-13-56-45(39)69-51-63-42(7-3)68-54(72-51)78-28-22-74(23-29-78)35-83-31-16-58-46(80)37-12-14-55-44(33-37)65-50-62-41(6-2)66-52(71-50)76-24-18-73(4)19-25-76/h8-14,33-34,79H,5-7,15-32,35-36H2,1-4H3,(H,57,81)(H,58,80)(H,59,82)(H,55,62,65,66,71)(H,56,63,68,69,72)(H,60,61,64,67,70). The zero-order valence-electron chi connectivity index (χ0n) is 48.0. The van der Waals surface area contributed by atoms with Gasteiger partial charge in [0.25, 0.3) is 17.7 Å². The molecule has 0 aliphatic carbocycles. The number of pyridine rings is 3. The number of aromatic nitrogens is 12. The molecular formula is C54H74N24O6. The van der Waals surface area contributed by atoms with Gasteiger partial charge in [-0.25, -0.2) is 15.0 Å². The average molecular weight is 1160 g/mol. The van der Waals surface area contributed by atoms with Crippen LogP contribution in [0.5, 0.6) is 0 Å². The molecule has 446 valence electrons. The number of aliphatic hydroxyl groups is 1. The van der Waals surface area contributed by atoms with Crippen molar-refractivity contribution >= 4 is 70.9 Å². The van der Waals surface area contributed by atoms with Crippen molar-refractivity contribution < 1.29 is 29.0 Å². The van der Waals surface area contributed by atoms with Gasteiger partial charge in [0.2, 0.25) is 35.7 Å². The van der Waals surface area contributed by atoms with Gasteiger partial charge in [-0.15, -0.1) is 0 Å². The number of likely N-dealkylation sites (N-methyl/N-ethyl adjacent to an activating group) is 1. The van der Waals surface area contributed by atoms with Crippen molar-refractivity contribution in [3.63, 3.8) is 0 Å². The summed E-state index contributed by atoms with van der Waals surface area (Å²) < 4.78 is 12.0. The molecule has 30 nitrogen and oxygen atoms in total. The maximum Gasteiger partial charge on any atom is 0.255 e. The van der Waals surface area contributed by atoms with Gasteiger partial charge in [0, 0.05) is 142 Å². The van der Waals surface area contributed by atoms with Gasteiger partial charge in [0.15, 0.2) is 0 Å². The first-order valence-electron chi connectivity index (χ1n) is 28.4. The fourth-order valence-corrected chi connectivity index (χ4v) is 9.04. The molecule has 9 rings (SSSR count). The molecule has 6 aromatic heterocycles. The topological polar surface area (TPSA) is 336 Å². The summed E-state index contributed by atoms with van der Waals surface area (Å²) in [6.45, 7) is 16.9. The van der Waals surface area contributed by atoms with Gasteiger partial charge >= 0.3 is 0 Å². The molecule has 3 aliphatic rings. The minimum absolute atomic E-state index is 0.148. The van der Waals surface area contributed by atoms with Gasteiger partial charge in [-0.1, -0.05) is 20.8 Å².